The average Bonchev–Trinajstić information content (AvgIpc) is 3.07. The van der Waals surface area contributed by atoms with Crippen LogP contribution in [-0.4, -0.2) is 33.4 Å². The van der Waals surface area contributed by atoms with E-state index in [1.54, 1.807) is 11.8 Å². The molecule has 0 N–H and O–H groups in total. The van der Waals surface area contributed by atoms with Crippen molar-refractivity contribution in [1.29, 1.82) is 0 Å². The van der Waals surface area contributed by atoms with Crippen LogP contribution in [0.25, 0.3) is 22.0 Å². The molecule has 2 aromatic heterocycles. The zero-order valence-electron chi connectivity index (χ0n) is 16.0. The molecule has 0 saturated carbocycles. The number of rotatable bonds is 2. The number of aryl methyl sites for hydroxylation is 1. The third kappa shape index (κ3) is 3.28. The van der Waals surface area contributed by atoms with E-state index in [0.717, 1.165) is 4.57 Å². The van der Waals surface area contributed by atoms with Gasteiger partial charge in [-0.2, -0.15) is 13.2 Å². The average molecular weight is 407 g/mol. The lowest BCUT2D eigenvalue weighted by Gasteiger charge is -2.30. The molecule has 0 spiro atoms. The molecule has 1 aliphatic rings. The largest absolute Gasteiger partial charge is 0.458 e. The van der Waals surface area contributed by atoms with E-state index in [1.165, 1.54) is 25.1 Å². The van der Waals surface area contributed by atoms with Crippen molar-refractivity contribution in [2.45, 2.75) is 45.3 Å². The van der Waals surface area contributed by atoms with Crippen LogP contribution in [0.5, 0.6) is 0 Å². The molecule has 6 nitrogen and oxygen atoms in total. The summed E-state index contributed by atoms with van der Waals surface area (Å²) in [5.41, 5.74) is 0.0873. The number of carbonyl (C=O) groups excluding carboxylic acids is 1. The maximum atomic E-state index is 13.4. The number of imidazole rings is 1. The van der Waals surface area contributed by atoms with Crippen LogP contribution in [0, 0.1) is 0 Å². The van der Waals surface area contributed by atoms with Crippen molar-refractivity contribution in [3.8, 4) is 0 Å². The Kier molecular flexibility index (Phi) is 4.63. The van der Waals surface area contributed by atoms with Gasteiger partial charge in [0, 0.05) is 38.5 Å². The third-order valence-electron chi connectivity index (χ3n) is 5.55. The summed E-state index contributed by atoms with van der Waals surface area (Å²) in [5.74, 6) is -0.661. The number of alkyl halides is 3. The van der Waals surface area contributed by atoms with Crippen LogP contribution in [0.15, 0.2) is 27.4 Å². The lowest BCUT2D eigenvalue weighted by molar-refractivity contribution is -0.146. The second-order valence-electron chi connectivity index (χ2n) is 7.28. The number of likely N-dealkylation sites (tertiary alicyclic amines) is 1. The van der Waals surface area contributed by atoms with Gasteiger partial charge >= 0.3 is 6.18 Å². The number of aromatic nitrogens is 2. The lowest BCUT2D eigenvalue weighted by atomic mass is 9.93. The molecule has 1 aliphatic heterocycles. The fourth-order valence-electron chi connectivity index (χ4n) is 4.04. The number of piperidine rings is 1. The molecular formula is C20H20F3N3O3. The molecule has 0 radical (unpaired) electrons. The first-order valence-corrected chi connectivity index (χ1v) is 9.50. The first kappa shape index (κ1) is 19.5. The van der Waals surface area contributed by atoms with Gasteiger partial charge in [0.15, 0.2) is 11.0 Å². The van der Waals surface area contributed by atoms with Crippen molar-refractivity contribution in [2.24, 2.45) is 0 Å². The van der Waals surface area contributed by atoms with E-state index in [-0.39, 0.29) is 45.8 Å². The van der Waals surface area contributed by atoms with Gasteiger partial charge in [0.05, 0.1) is 10.9 Å². The predicted octanol–water partition coefficient (Wildman–Crippen LogP) is 3.91. The molecule has 1 fully saturated rings. The number of benzene rings is 1. The molecule has 3 aromatic rings. The standard InChI is InChI=1S/C20H20F3N3O3/c1-3-26-14-5-4-13-15(28)10-16(12-6-8-25(9-7-12)11(2)27)29-18(13)17(14)24-19(26)20(21,22)23/h4-5,10,12H,3,6-9H2,1-2H3. The minimum absolute atomic E-state index is 0.00471. The highest BCUT2D eigenvalue weighted by Gasteiger charge is 2.38. The van der Waals surface area contributed by atoms with Crippen LogP contribution in [0.3, 0.4) is 0 Å². The van der Waals surface area contributed by atoms with Crippen LogP contribution < -0.4 is 5.43 Å². The summed E-state index contributed by atoms with van der Waals surface area (Å²) in [6.45, 7) is 4.30. The minimum Gasteiger partial charge on any atom is -0.458 e. The molecule has 0 bridgehead atoms. The van der Waals surface area contributed by atoms with Crippen LogP contribution in [-0.2, 0) is 17.5 Å². The molecule has 3 heterocycles. The quantitative estimate of drug-likeness (QED) is 0.646. The molecule has 4 rings (SSSR count). The number of amides is 1. The highest BCUT2D eigenvalue weighted by Crippen LogP contribution is 2.35. The molecule has 0 aliphatic carbocycles. The summed E-state index contributed by atoms with van der Waals surface area (Å²) in [6.07, 6.45) is -3.36. The number of nitrogens with zero attached hydrogens (tertiary/aromatic N) is 3. The van der Waals surface area contributed by atoms with E-state index in [1.807, 2.05) is 0 Å². The van der Waals surface area contributed by atoms with E-state index in [9.17, 15) is 22.8 Å². The molecule has 1 aromatic carbocycles. The fourth-order valence-corrected chi connectivity index (χ4v) is 4.04. The van der Waals surface area contributed by atoms with Gasteiger partial charge in [-0.25, -0.2) is 4.98 Å². The first-order chi connectivity index (χ1) is 13.7. The minimum atomic E-state index is -4.61. The Balaban J connectivity index is 1.86. The number of hydrogen-bond acceptors (Lipinski definition) is 4. The van der Waals surface area contributed by atoms with Crippen molar-refractivity contribution in [1.82, 2.24) is 14.5 Å². The Morgan fingerprint density at radius 3 is 2.55 bits per heavy atom. The Morgan fingerprint density at radius 1 is 1.28 bits per heavy atom. The second kappa shape index (κ2) is 6.89. The monoisotopic (exact) mass is 407 g/mol. The molecule has 0 atom stereocenters. The fraction of sp³-hybridized carbons (Fsp3) is 0.450. The van der Waals surface area contributed by atoms with Gasteiger partial charge in [-0.05, 0) is 31.9 Å². The van der Waals surface area contributed by atoms with Crippen LogP contribution >= 0.6 is 0 Å². The van der Waals surface area contributed by atoms with E-state index in [2.05, 4.69) is 4.98 Å². The van der Waals surface area contributed by atoms with E-state index in [0.29, 0.717) is 31.7 Å². The van der Waals surface area contributed by atoms with Crippen LogP contribution in [0.4, 0.5) is 13.2 Å². The summed E-state index contributed by atoms with van der Waals surface area (Å²) in [4.78, 5) is 29.7. The highest BCUT2D eigenvalue weighted by atomic mass is 19.4. The first-order valence-electron chi connectivity index (χ1n) is 9.50. The molecule has 0 unspecified atom stereocenters. The van der Waals surface area contributed by atoms with E-state index >= 15 is 0 Å². The van der Waals surface area contributed by atoms with Crippen molar-refractivity contribution < 1.29 is 22.4 Å². The summed E-state index contributed by atoms with van der Waals surface area (Å²) in [7, 11) is 0. The number of hydrogen-bond donors (Lipinski definition) is 0. The summed E-state index contributed by atoms with van der Waals surface area (Å²) >= 11 is 0. The van der Waals surface area contributed by atoms with Crippen molar-refractivity contribution in [3.05, 3.63) is 40.0 Å². The summed E-state index contributed by atoms with van der Waals surface area (Å²) < 4.78 is 47.3. The summed E-state index contributed by atoms with van der Waals surface area (Å²) in [5, 5.41) is 0.205. The SMILES string of the molecule is CCn1c(C(F)(F)F)nc2c3oc(C4CCN(C(C)=O)CC4)cc(=O)c3ccc21. The van der Waals surface area contributed by atoms with Gasteiger partial charge in [0.1, 0.15) is 11.3 Å². The van der Waals surface area contributed by atoms with E-state index in [4.69, 9.17) is 4.42 Å². The zero-order chi connectivity index (χ0) is 20.9. The topological polar surface area (TPSA) is 68.3 Å². The van der Waals surface area contributed by atoms with Crippen molar-refractivity contribution in [3.63, 3.8) is 0 Å². The Hall–Kier alpha value is -2.84. The zero-order valence-corrected chi connectivity index (χ0v) is 16.0. The smallest absolute Gasteiger partial charge is 0.449 e. The molecular weight excluding hydrogens is 387 g/mol. The van der Waals surface area contributed by atoms with Gasteiger partial charge in [-0.15, -0.1) is 0 Å². The van der Waals surface area contributed by atoms with Gasteiger partial charge in [-0.3, -0.25) is 9.59 Å². The molecule has 29 heavy (non-hydrogen) atoms. The van der Waals surface area contributed by atoms with Crippen LogP contribution in [0.2, 0.25) is 0 Å². The maximum absolute atomic E-state index is 13.4. The van der Waals surface area contributed by atoms with Gasteiger partial charge in [0.2, 0.25) is 11.7 Å². The van der Waals surface area contributed by atoms with E-state index < -0.39 is 12.0 Å². The molecule has 154 valence electrons. The second-order valence-corrected chi connectivity index (χ2v) is 7.28. The van der Waals surface area contributed by atoms with Crippen LogP contribution in [0.1, 0.15) is 44.2 Å². The Morgan fingerprint density at radius 2 is 1.97 bits per heavy atom. The third-order valence-corrected chi connectivity index (χ3v) is 5.55. The Bertz CT molecular complexity index is 1150. The lowest BCUT2D eigenvalue weighted by Crippen LogP contribution is -2.36. The number of fused-ring (bicyclic) bond motifs is 3. The summed E-state index contributed by atoms with van der Waals surface area (Å²) in [6, 6.07) is 4.37. The van der Waals surface area contributed by atoms with Crippen molar-refractivity contribution >= 4 is 27.9 Å². The molecule has 1 amide bonds. The number of carbonyl (C=O) groups is 1. The highest BCUT2D eigenvalue weighted by molar-refractivity contribution is 6.00. The molecule has 9 heteroatoms. The Labute approximate surface area is 163 Å². The predicted molar refractivity (Wildman–Crippen MR) is 101 cm³/mol. The van der Waals surface area contributed by atoms with Gasteiger partial charge in [0.25, 0.3) is 0 Å². The molecule has 1 saturated heterocycles. The van der Waals surface area contributed by atoms with Gasteiger partial charge in [-0.1, -0.05) is 0 Å². The van der Waals surface area contributed by atoms with Crippen molar-refractivity contribution in [2.75, 3.05) is 13.1 Å². The maximum Gasteiger partial charge on any atom is 0.449 e. The normalized spacial score (nSPS) is 16.1. The van der Waals surface area contributed by atoms with Gasteiger partial charge < -0.3 is 13.9 Å². The number of halogens is 3.